The first kappa shape index (κ1) is 24.3. The number of aromatic nitrogens is 1. The zero-order chi connectivity index (χ0) is 26.3. The van der Waals surface area contributed by atoms with Crippen molar-refractivity contribution >= 4 is 35.6 Å². The van der Waals surface area contributed by atoms with E-state index in [0.29, 0.717) is 12.2 Å². The van der Waals surface area contributed by atoms with Crippen LogP contribution in [-0.4, -0.2) is 40.0 Å². The van der Waals surface area contributed by atoms with Crippen LogP contribution >= 0.6 is 0 Å². The van der Waals surface area contributed by atoms with Gasteiger partial charge in [0.2, 0.25) is 11.5 Å². The number of rotatable bonds is 7. The number of hydrogen-bond donors (Lipinski definition) is 3. The van der Waals surface area contributed by atoms with E-state index in [4.69, 9.17) is 14.6 Å². The molecule has 11 nitrogen and oxygen atoms in total. The number of aliphatic carboxylic acids is 1. The molecule has 0 spiro atoms. The number of fused-ring (bicyclic) bond motifs is 5. The summed E-state index contributed by atoms with van der Waals surface area (Å²) in [6, 6.07) is 9.24. The third-order valence-corrected chi connectivity index (χ3v) is 6.93. The Morgan fingerprint density at radius 2 is 2.03 bits per heavy atom. The Morgan fingerprint density at radius 3 is 2.78 bits per heavy atom. The summed E-state index contributed by atoms with van der Waals surface area (Å²) in [6.07, 6.45) is 1.36. The molecule has 0 saturated heterocycles. The van der Waals surface area contributed by atoms with Gasteiger partial charge in [0.15, 0.2) is 0 Å². The van der Waals surface area contributed by atoms with Gasteiger partial charge in [-0.25, -0.2) is 4.79 Å². The molecule has 0 fully saturated rings. The fourth-order valence-corrected chi connectivity index (χ4v) is 5.07. The number of pyridine rings is 1. The summed E-state index contributed by atoms with van der Waals surface area (Å²) in [5.41, 5.74) is 1.96. The fraction of sp³-hybridized carbons (Fsp3) is 0.346. The lowest BCUT2D eigenvalue weighted by Crippen LogP contribution is -2.47. The lowest BCUT2D eigenvalue weighted by Gasteiger charge is -2.36. The van der Waals surface area contributed by atoms with E-state index >= 15 is 0 Å². The van der Waals surface area contributed by atoms with Crippen molar-refractivity contribution in [2.45, 2.75) is 51.0 Å². The molecular formula is C26H25N3O8. The Morgan fingerprint density at radius 1 is 1.24 bits per heavy atom. The number of nitrogens with one attached hydrogen (secondary N) is 2. The van der Waals surface area contributed by atoms with E-state index in [2.05, 4.69) is 10.6 Å². The first-order valence-electron chi connectivity index (χ1n) is 11.9. The minimum atomic E-state index is -1.84. The molecule has 1 unspecified atom stereocenters. The van der Waals surface area contributed by atoms with E-state index in [0.717, 1.165) is 16.8 Å². The van der Waals surface area contributed by atoms with Crippen molar-refractivity contribution in [1.82, 2.24) is 9.88 Å². The van der Waals surface area contributed by atoms with Gasteiger partial charge in [-0.1, -0.05) is 25.1 Å². The fourth-order valence-electron chi connectivity index (χ4n) is 5.07. The van der Waals surface area contributed by atoms with Crippen LogP contribution in [0.25, 0.3) is 6.08 Å². The zero-order valence-electron chi connectivity index (χ0n) is 20.0. The quantitative estimate of drug-likeness (QED) is 0.474. The first-order valence-corrected chi connectivity index (χ1v) is 11.9. The molecule has 0 saturated carbocycles. The number of carboxylic acid groups (broad SMARTS) is 1. The monoisotopic (exact) mass is 507 g/mol. The molecule has 11 heteroatoms. The van der Waals surface area contributed by atoms with E-state index in [1.165, 1.54) is 0 Å². The number of benzene rings is 1. The summed E-state index contributed by atoms with van der Waals surface area (Å²) in [6.45, 7) is 1.22. The summed E-state index contributed by atoms with van der Waals surface area (Å²) in [7, 11) is 0. The van der Waals surface area contributed by atoms with Gasteiger partial charge >= 0.3 is 17.9 Å². The van der Waals surface area contributed by atoms with Crippen molar-refractivity contribution in [2.24, 2.45) is 0 Å². The van der Waals surface area contributed by atoms with Gasteiger partial charge in [0.25, 0.3) is 5.56 Å². The molecule has 3 aliphatic heterocycles. The topological polar surface area (TPSA) is 153 Å². The Labute approximate surface area is 211 Å². The maximum atomic E-state index is 13.5. The minimum absolute atomic E-state index is 0.0162. The molecule has 1 aromatic heterocycles. The number of para-hydroxylation sites is 1. The summed E-state index contributed by atoms with van der Waals surface area (Å²) >= 11 is 0. The van der Waals surface area contributed by atoms with Crippen LogP contribution in [0.15, 0.2) is 40.7 Å². The molecule has 192 valence electrons. The number of cyclic esters (lactones) is 1. The Kier molecular flexibility index (Phi) is 6.06. The highest BCUT2D eigenvalue weighted by atomic mass is 16.6. The minimum Gasteiger partial charge on any atom is -0.480 e. The van der Waals surface area contributed by atoms with Gasteiger partial charge in [-0.05, 0) is 35.8 Å². The lowest BCUT2D eigenvalue weighted by atomic mass is 9.85. The van der Waals surface area contributed by atoms with Gasteiger partial charge in [-0.3, -0.25) is 19.2 Å². The van der Waals surface area contributed by atoms with E-state index in [1.807, 2.05) is 30.3 Å². The van der Waals surface area contributed by atoms with Crippen LogP contribution < -0.4 is 16.2 Å². The van der Waals surface area contributed by atoms with Gasteiger partial charge in [0.05, 0.1) is 18.0 Å². The molecule has 1 aromatic carbocycles. The number of nitrogens with zero attached hydrogens (tertiary/aromatic N) is 1. The average molecular weight is 507 g/mol. The second-order valence-corrected chi connectivity index (χ2v) is 9.14. The average Bonchev–Trinajstić information content (AvgIpc) is 3.24. The number of anilines is 1. The van der Waals surface area contributed by atoms with Crippen molar-refractivity contribution in [3.05, 3.63) is 68.6 Å². The van der Waals surface area contributed by atoms with Crippen LogP contribution in [0.2, 0.25) is 0 Å². The highest BCUT2D eigenvalue weighted by molar-refractivity contribution is 5.88. The molecule has 37 heavy (non-hydrogen) atoms. The predicted molar refractivity (Wildman–Crippen MR) is 129 cm³/mol. The van der Waals surface area contributed by atoms with Crippen LogP contribution in [0.1, 0.15) is 54.6 Å². The number of hydrogen-bond acceptors (Lipinski definition) is 8. The Hall–Kier alpha value is -4.41. The van der Waals surface area contributed by atoms with Crippen LogP contribution in [0, 0.1) is 0 Å². The van der Waals surface area contributed by atoms with E-state index in [1.54, 1.807) is 17.6 Å². The normalized spacial score (nSPS) is 20.7. The van der Waals surface area contributed by atoms with Crippen LogP contribution in [0.3, 0.4) is 0 Å². The SMILES string of the molecule is CC[C@@]1(OC(=O)CCC(=O)NCC(=O)O)C(=O)OCc2c1cc1n(c2=O)CC2=Cc3ccccc3NC21. The Bertz CT molecular complexity index is 1430. The summed E-state index contributed by atoms with van der Waals surface area (Å²) in [4.78, 5) is 61.7. The van der Waals surface area contributed by atoms with E-state index in [9.17, 15) is 24.0 Å². The predicted octanol–water partition coefficient (Wildman–Crippen LogP) is 1.60. The largest absolute Gasteiger partial charge is 0.480 e. The smallest absolute Gasteiger partial charge is 0.355 e. The number of carboxylic acids is 1. The highest BCUT2D eigenvalue weighted by Gasteiger charge is 2.50. The molecule has 0 bridgehead atoms. The van der Waals surface area contributed by atoms with Gasteiger partial charge in [0.1, 0.15) is 13.2 Å². The van der Waals surface area contributed by atoms with Crippen molar-refractivity contribution in [3.8, 4) is 0 Å². The molecule has 2 atom stereocenters. The van der Waals surface area contributed by atoms with Crippen LogP contribution in [0.5, 0.6) is 0 Å². The lowest BCUT2D eigenvalue weighted by molar-refractivity contribution is -0.189. The van der Waals surface area contributed by atoms with Crippen molar-refractivity contribution in [3.63, 3.8) is 0 Å². The third kappa shape index (κ3) is 4.15. The molecule has 4 heterocycles. The maximum absolute atomic E-state index is 13.5. The van der Waals surface area contributed by atoms with Gasteiger partial charge < -0.3 is 29.8 Å². The number of ether oxygens (including phenoxy) is 2. The van der Waals surface area contributed by atoms with Gasteiger partial charge in [0, 0.05) is 29.9 Å². The van der Waals surface area contributed by atoms with Crippen molar-refractivity contribution in [1.29, 1.82) is 0 Å². The molecular weight excluding hydrogens is 482 g/mol. The molecule has 5 rings (SSSR count). The number of amides is 1. The van der Waals surface area contributed by atoms with Crippen LogP contribution in [-0.2, 0) is 47.4 Å². The second kappa shape index (κ2) is 9.23. The van der Waals surface area contributed by atoms with Gasteiger partial charge in [-0.15, -0.1) is 0 Å². The highest BCUT2D eigenvalue weighted by Crippen LogP contribution is 2.43. The first-order chi connectivity index (χ1) is 17.7. The zero-order valence-corrected chi connectivity index (χ0v) is 20.0. The molecule has 0 aliphatic carbocycles. The summed E-state index contributed by atoms with van der Waals surface area (Å²) < 4.78 is 12.6. The van der Waals surface area contributed by atoms with Crippen molar-refractivity contribution < 1.29 is 33.8 Å². The van der Waals surface area contributed by atoms with Crippen LogP contribution in [0.4, 0.5) is 5.69 Å². The van der Waals surface area contributed by atoms with E-state index < -0.39 is 36.0 Å². The molecule has 0 radical (unpaired) electrons. The standard InChI is InChI=1S/C26H25N3O8/c1-2-26(37-22(33)8-7-20(30)27-11-21(31)32)17-10-19-23-15(9-14-5-3-4-6-18(14)28-23)12-29(19)24(34)16(17)13-36-25(26)35/h3-6,9-10,23,28H,2,7-8,11-13H2,1H3,(H,27,30)(H,31,32)/t23?,26-/m0/s1. The molecule has 2 aromatic rings. The number of esters is 2. The summed E-state index contributed by atoms with van der Waals surface area (Å²) in [5.74, 6) is -3.49. The third-order valence-electron chi connectivity index (χ3n) is 6.93. The molecule has 3 N–H and O–H groups in total. The van der Waals surface area contributed by atoms with Gasteiger partial charge in [-0.2, -0.15) is 0 Å². The number of carbonyl (C=O) groups is 4. The van der Waals surface area contributed by atoms with Crippen molar-refractivity contribution in [2.75, 3.05) is 11.9 Å². The second-order valence-electron chi connectivity index (χ2n) is 9.14. The molecule has 3 aliphatic rings. The Balaban J connectivity index is 1.46. The molecule has 1 amide bonds. The van der Waals surface area contributed by atoms with E-state index in [-0.39, 0.29) is 48.6 Å². The maximum Gasteiger partial charge on any atom is 0.355 e. The number of carbonyl (C=O) groups excluding carboxylic acids is 3. The summed E-state index contributed by atoms with van der Waals surface area (Å²) in [5, 5.41) is 14.3.